The third kappa shape index (κ3) is 7.57. The first-order valence-corrected chi connectivity index (χ1v) is 17.1. The molecule has 0 spiro atoms. The van der Waals surface area contributed by atoms with Crippen molar-refractivity contribution in [2.24, 2.45) is 0 Å². The van der Waals surface area contributed by atoms with Gasteiger partial charge in [-0.05, 0) is 54.4 Å². The van der Waals surface area contributed by atoms with Gasteiger partial charge in [0.15, 0.2) is 5.66 Å². The van der Waals surface area contributed by atoms with Gasteiger partial charge < -0.3 is 19.9 Å². The maximum Gasteiger partial charge on any atom is 0.416 e. The van der Waals surface area contributed by atoms with Crippen LogP contribution in [0.15, 0.2) is 66.7 Å². The zero-order valence-corrected chi connectivity index (χ0v) is 28.7. The van der Waals surface area contributed by atoms with Gasteiger partial charge in [0, 0.05) is 54.9 Å². The van der Waals surface area contributed by atoms with E-state index in [9.17, 15) is 27.6 Å². The average molecular weight is 734 g/mol. The number of carbonyl (C=O) groups excluding carboxylic acids is 3. The Morgan fingerprint density at radius 1 is 0.860 bits per heavy atom. The lowest BCUT2D eigenvalue weighted by Gasteiger charge is -2.41. The largest absolute Gasteiger partial charge is 0.493 e. The molecule has 0 radical (unpaired) electrons. The Kier molecular flexibility index (Phi) is 10.6. The molecule has 3 aromatic carbocycles. The summed E-state index contributed by atoms with van der Waals surface area (Å²) in [6.45, 7) is 3.92. The van der Waals surface area contributed by atoms with Gasteiger partial charge in [0.25, 0.3) is 5.91 Å². The van der Waals surface area contributed by atoms with Gasteiger partial charge in [-0.2, -0.15) is 13.2 Å². The van der Waals surface area contributed by atoms with Crippen molar-refractivity contribution in [2.45, 2.75) is 30.8 Å². The zero-order chi connectivity index (χ0) is 35.6. The summed E-state index contributed by atoms with van der Waals surface area (Å²) in [6.07, 6.45) is -4.64. The fourth-order valence-electron chi connectivity index (χ4n) is 6.73. The summed E-state index contributed by atoms with van der Waals surface area (Å²) >= 11 is 12.5. The van der Waals surface area contributed by atoms with Crippen LogP contribution < -0.4 is 20.7 Å². The number of hydrogen-bond donors (Lipinski definition) is 3. The van der Waals surface area contributed by atoms with Crippen LogP contribution >= 0.6 is 23.2 Å². The Balaban J connectivity index is 1.36. The van der Waals surface area contributed by atoms with Crippen molar-refractivity contribution in [3.05, 3.63) is 99.0 Å². The second-order valence-corrected chi connectivity index (χ2v) is 13.3. The number of carbonyl (C=O) groups is 3. The molecule has 3 aliphatic heterocycles. The summed E-state index contributed by atoms with van der Waals surface area (Å²) in [6, 6.07) is 16.4. The van der Waals surface area contributed by atoms with Gasteiger partial charge in [-0.3, -0.25) is 29.9 Å². The Hall–Kier alpha value is -3.88. The topological polar surface area (TPSA) is 106 Å². The van der Waals surface area contributed by atoms with Crippen LogP contribution in [0.1, 0.15) is 41.3 Å². The summed E-state index contributed by atoms with van der Waals surface area (Å²) in [4.78, 5) is 44.8. The molecule has 15 heteroatoms. The summed E-state index contributed by atoms with van der Waals surface area (Å²) < 4.78 is 47.6. The van der Waals surface area contributed by atoms with E-state index in [1.807, 2.05) is 29.2 Å². The number of benzene rings is 3. The second-order valence-electron chi connectivity index (χ2n) is 12.5. The predicted molar refractivity (Wildman–Crippen MR) is 182 cm³/mol. The number of halogens is 5. The molecule has 3 aliphatic rings. The smallest absolute Gasteiger partial charge is 0.416 e. The molecule has 3 heterocycles. The number of rotatable bonds is 8. The molecule has 0 aliphatic carbocycles. The first kappa shape index (κ1) is 35.9. The summed E-state index contributed by atoms with van der Waals surface area (Å²) in [5.74, 6) is -0.868. The van der Waals surface area contributed by atoms with Crippen molar-refractivity contribution in [1.82, 2.24) is 30.7 Å². The summed E-state index contributed by atoms with van der Waals surface area (Å²) in [5, 5.41) is 10.8. The summed E-state index contributed by atoms with van der Waals surface area (Å²) in [5.41, 5.74) is -0.859. The first-order valence-electron chi connectivity index (χ1n) is 16.3. The van der Waals surface area contributed by atoms with Crippen molar-refractivity contribution in [2.75, 3.05) is 59.0 Å². The maximum absolute atomic E-state index is 15.0. The molecule has 2 atom stereocenters. The number of amides is 3. The van der Waals surface area contributed by atoms with Crippen molar-refractivity contribution >= 4 is 40.9 Å². The number of nitrogens with one attached hydrogen (secondary N) is 3. The lowest BCUT2D eigenvalue weighted by molar-refractivity contribution is -0.143. The highest BCUT2D eigenvalue weighted by Crippen LogP contribution is 2.46. The minimum Gasteiger partial charge on any atom is -0.493 e. The fraction of sp³-hybridized carbons (Fsp3) is 0.400. The van der Waals surface area contributed by atoms with Gasteiger partial charge >= 0.3 is 6.18 Å². The highest BCUT2D eigenvalue weighted by atomic mass is 35.5. The van der Waals surface area contributed by atoms with Crippen molar-refractivity contribution in [1.29, 1.82) is 0 Å². The molecule has 3 amide bonds. The van der Waals surface area contributed by atoms with Gasteiger partial charge in [-0.1, -0.05) is 53.5 Å². The monoisotopic (exact) mass is 732 g/mol. The van der Waals surface area contributed by atoms with E-state index in [1.165, 1.54) is 11.0 Å². The standard InChI is InChI=1S/C35H37Cl2F3N6O4/c1-2-50-28-19-24(35(38,39)40)7-12-27(28)34(33(49)45-17-15-44(16-18-45)21-30(48)46-14-13-41-29(47)20-46)42-31(22-3-8-25(36)9-4-22)32(43-34)23-5-10-26(37)11-6-23/h3-12,19,31-32,42-43H,2,13-18,20-21H2,1H3,(H,41,47). The molecule has 0 bridgehead atoms. The molecule has 3 N–H and O–H groups in total. The fourth-order valence-corrected chi connectivity index (χ4v) is 6.99. The number of ether oxygens (including phenoxy) is 1. The molecule has 0 saturated carbocycles. The van der Waals surface area contributed by atoms with Crippen LogP contribution in [-0.4, -0.2) is 91.4 Å². The van der Waals surface area contributed by atoms with Crippen LogP contribution in [0.2, 0.25) is 10.0 Å². The van der Waals surface area contributed by atoms with Gasteiger partial charge in [0.1, 0.15) is 5.75 Å². The Labute approximate surface area is 297 Å². The number of nitrogens with zero attached hydrogens (tertiary/aromatic N) is 3. The SMILES string of the molecule is CCOc1cc(C(F)(F)F)ccc1C1(C(=O)N2CCN(CC(=O)N3CCNC(=O)C3)CC2)NC(c2ccc(Cl)cc2)C(c2ccc(Cl)cc2)N1. The van der Waals surface area contributed by atoms with Crippen LogP contribution in [0.3, 0.4) is 0 Å². The molecule has 6 rings (SSSR count). The van der Waals surface area contributed by atoms with E-state index >= 15 is 0 Å². The van der Waals surface area contributed by atoms with E-state index in [-0.39, 0.29) is 55.9 Å². The number of hydrogen-bond acceptors (Lipinski definition) is 7. The van der Waals surface area contributed by atoms with Crippen LogP contribution in [0.25, 0.3) is 0 Å². The number of piperazine rings is 2. The van der Waals surface area contributed by atoms with Gasteiger partial charge in [0.2, 0.25) is 11.8 Å². The second kappa shape index (κ2) is 14.8. The van der Waals surface area contributed by atoms with Crippen molar-refractivity contribution in [3.63, 3.8) is 0 Å². The molecular formula is C35H37Cl2F3N6O4. The van der Waals surface area contributed by atoms with Crippen LogP contribution in [-0.2, 0) is 26.2 Å². The molecule has 3 saturated heterocycles. The predicted octanol–water partition coefficient (Wildman–Crippen LogP) is 4.34. The highest BCUT2D eigenvalue weighted by molar-refractivity contribution is 6.30. The Bertz CT molecular complexity index is 1670. The normalized spacial score (nSPS) is 23.1. The van der Waals surface area contributed by atoms with Crippen LogP contribution in [0.5, 0.6) is 5.75 Å². The molecule has 10 nitrogen and oxygen atoms in total. The van der Waals surface area contributed by atoms with E-state index < -0.39 is 35.4 Å². The van der Waals surface area contributed by atoms with E-state index in [0.717, 1.165) is 23.3 Å². The van der Waals surface area contributed by atoms with Gasteiger partial charge in [0.05, 0.1) is 37.3 Å². The molecular weight excluding hydrogens is 696 g/mol. The van der Waals surface area contributed by atoms with E-state index in [1.54, 1.807) is 36.1 Å². The Morgan fingerprint density at radius 3 is 1.96 bits per heavy atom. The molecule has 50 heavy (non-hydrogen) atoms. The molecule has 2 unspecified atom stereocenters. The van der Waals surface area contributed by atoms with E-state index in [2.05, 4.69) is 16.0 Å². The minimum absolute atomic E-state index is 0.00993. The third-order valence-electron chi connectivity index (χ3n) is 9.28. The summed E-state index contributed by atoms with van der Waals surface area (Å²) in [7, 11) is 0. The zero-order valence-electron chi connectivity index (χ0n) is 27.2. The van der Waals surface area contributed by atoms with Crippen LogP contribution in [0.4, 0.5) is 13.2 Å². The molecule has 0 aromatic heterocycles. The van der Waals surface area contributed by atoms with Crippen molar-refractivity contribution in [3.8, 4) is 5.75 Å². The van der Waals surface area contributed by atoms with Crippen molar-refractivity contribution < 1.29 is 32.3 Å². The van der Waals surface area contributed by atoms with Crippen LogP contribution in [0, 0.1) is 0 Å². The molecule has 3 aromatic rings. The van der Waals surface area contributed by atoms with Gasteiger partial charge in [-0.15, -0.1) is 0 Å². The maximum atomic E-state index is 15.0. The van der Waals surface area contributed by atoms with E-state index in [0.29, 0.717) is 36.2 Å². The third-order valence-corrected chi connectivity index (χ3v) is 9.78. The quantitative estimate of drug-likeness (QED) is 0.317. The van der Waals surface area contributed by atoms with E-state index in [4.69, 9.17) is 27.9 Å². The molecule has 3 fully saturated rings. The first-order chi connectivity index (χ1) is 23.9. The number of alkyl halides is 3. The highest BCUT2D eigenvalue weighted by Gasteiger charge is 2.55. The Morgan fingerprint density at radius 2 is 1.44 bits per heavy atom. The average Bonchev–Trinajstić information content (AvgIpc) is 3.50. The lowest BCUT2D eigenvalue weighted by Crippen LogP contribution is -2.62. The van der Waals surface area contributed by atoms with Gasteiger partial charge in [-0.25, -0.2) is 0 Å². The lowest BCUT2D eigenvalue weighted by atomic mass is 9.94. The minimum atomic E-state index is -4.64. The molecule has 266 valence electrons.